The molecule has 2 aromatic carbocycles. The average molecular weight is 441 g/mol. The lowest BCUT2D eigenvalue weighted by Gasteiger charge is -2.07. The van der Waals surface area contributed by atoms with Crippen molar-refractivity contribution in [3.8, 4) is 0 Å². The quantitative estimate of drug-likeness (QED) is 0.339. The fourth-order valence-corrected chi connectivity index (χ4v) is 3.79. The number of carbonyl (C=O) groups excluding carboxylic acids is 1. The molecule has 0 saturated carbocycles. The summed E-state index contributed by atoms with van der Waals surface area (Å²) in [5, 5.41) is 17.4. The number of nitrogens with zero attached hydrogens (tertiary/aromatic N) is 2. The van der Waals surface area contributed by atoms with Crippen molar-refractivity contribution >= 4 is 78.8 Å². The Morgan fingerprint density at radius 3 is 2.74 bits per heavy atom. The van der Waals surface area contributed by atoms with Gasteiger partial charge in [0.2, 0.25) is 0 Å². The third kappa shape index (κ3) is 4.16. The molecule has 0 aliphatic rings. The van der Waals surface area contributed by atoms with Crippen LogP contribution in [0.4, 0.5) is 10.8 Å². The van der Waals surface area contributed by atoms with Gasteiger partial charge in [0.1, 0.15) is 5.52 Å². The second kappa shape index (κ2) is 7.73. The predicted octanol–water partition coefficient (Wildman–Crippen LogP) is 4.95. The molecule has 7 nitrogen and oxygen atoms in total. The van der Waals surface area contributed by atoms with Crippen LogP contribution in [-0.2, 0) is 0 Å². The van der Waals surface area contributed by atoms with E-state index in [0.717, 1.165) is 4.70 Å². The molecule has 27 heavy (non-hydrogen) atoms. The summed E-state index contributed by atoms with van der Waals surface area (Å²) in [6, 6.07) is 7.63. The summed E-state index contributed by atoms with van der Waals surface area (Å²) >= 11 is 18.5. The lowest BCUT2D eigenvalue weighted by molar-refractivity contribution is -0.385. The summed E-state index contributed by atoms with van der Waals surface area (Å²) in [4.78, 5) is 27.1. The highest BCUT2D eigenvalue weighted by Gasteiger charge is 2.16. The SMILES string of the molecule is Cc1ccc(C(=O)NC(=S)Nc2nc3c(Cl)c(Cl)ccc3s2)cc1[N+](=O)[O-]. The fraction of sp³-hybridized carbons (Fsp3) is 0.0625. The summed E-state index contributed by atoms with van der Waals surface area (Å²) < 4.78 is 0.801. The Morgan fingerprint density at radius 2 is 2.04 bits per heavy atom. The number of hydrogen-bond acceptors (Lipinski definition) is 6. The van der Waals surface area contributed by atoms with Gasteiger partial charge < -0.3 is 5.32 Å². The summed E-state index contributed by atoms with van der Waals surface area (Å²) in [5.41, 5.74) is 0.969. The Morgan fingerprint density at radius 1 is 1.30 bits per heavy atom. The molecule has 0 saturated heterocycles. The Balaban J connectivity index is 1.74. The Hall–Kier alpha value is -2.33. The van der Waals surface area contributed by atoms with E-state index in [1.807, 2.05) is 0 Å². The van der Waals surface area contributed by atoms with Gasteiger partial charge in [-0.3, -0.25) is 20.2 Å². The van der Waals surface area contributed by atoms with Crippen molar-refractivity contribution in [1.82, 2.24) is 10.3 Å². The van der Waals surface area contributed by atoms with Crippen LogP contribution in [0.5, 0.6) is 0 Å². The van der Waals surface area contributed by atoms with E-state index < -0.39 is 10.8 Å². The molecule has 0 aliphatic carbocycles. The first kappa shape index (κ1) is 19.4. The maximum atomic E-state index is 12.3. The molecule has 3 rings (SSSR count). The Bertz CT molecular complexity index is 1100. The zero-order chi connectivity index (χ0) is 19.7. The lowest BCUT2D eigenvalue weighted by atomic mass is 10.1. The molecule has 0 spiro atoms. The molecule has 138 valence electrons. The summed E-state index contributed by atoms with van der Waals surface area (Å²) in [5.74, 6) is -0.571. The molecule has 1 aromatic heterocycles. The van der Waals surface area contributed by atoms with E-state index in [4.69, 9.17) is 35.4 Å². The number of nitrogens with one attached hydrogen (secondary N) is 2. The molecular formula is C16H10Cl2N4O3S2. The minimum Gasteiger partial charge on any atom is -0.308 e. The van der Waals surface area contributed by atoms with Crippen molar-refractivity contribution in [2.24, 2.45) is 0 Å². The normalized spacial score (nSPS) is 10.6. The number of rotatable bonds is 3. The number of nitro groups is 1. The highest BCUT2D eigenvalue weighted by Crippen LogP contribution is 2.35. The van der Waals surface area contributed by atoms with Gasteiger partial charge in [0.25, 0.3) is 11.6 Å². The smallest absolute Gasteiger partial charge is 0.273 e. The van der Waals surface area contributed by atoms with E-state index in [0.29, 0.717) is 26.3 Å². The number of carbonyl (C=O) groups is 1. The first-order chi connectivity index (χ1) is 12.8. The van der Waals surface area contributed by atoms with Crippen molar-refractivity contribution in [1.29, 1.82) is 0 Å². The van der Waals surface area contributed by atoms with Gasteiger partial charge in [0.15, 0.2) is 10.2 Å². The molecular weight excluding hydrogens is 431 g/mol. The Labute approximate surface area is 172 Å². The van der Waals surface area contributed by atoms with Crippen LogP contribution >= 0.6 is 46.8 Å². The third-order valence-corrected chi connectivity index (χ3v) is 5.50. The second-order valence-electron chi connectivity index (χ2n) is 5.39. The summed E-state index contributed by atoms with van der Waals surface area (Å²) in [6.45, 7) is 1.59. The number of aromatic nitrogens is 1. The van der Waals surface area contributed by atoms with Gasteiger partial charge in [-0.2, -0.15) is 0 Å². The highest BCUT2D eigenvalue weighted by molar-refractivity contribution is 7.80. The first-order valence-electron chi connectivity index (χ1n) is 7.38. The number of aryl methyl sites for hydroxylation is 1. The van der Waals surface area contributed by atoms with Gasteiger partial charge in [0.05, 0.1) is 19.7 Å². The van der Waals surface area contributed by atoms with Crippen molar-refractivity contribution in [2.75, 3.05) is 5.32 Å². The third-order valence-electron chi connectivity index (χ3n) is 3.57. The van der Waals surface area contributed by atoms with Crippen molar-refractivity contribution in [3.05, 3.63) is 61.6 Å². The van der Waals surface area contributed by atoms with Crippen LogP contribution in [0.3, 0.4) is 0 Å². The van der Waals surface area contributed by atoms with E-state index in [2.05, 4.69) is 15.6 Å². The second-order valence-corrected chi connectivity index (χ2v) is 7.62. The van der Waals surface area contributed by atoms with Crippen LogP contribution < -0.4 is 10.6 Å². The molecule has 2 N–H and O–H groups in total. The number of nitro benzene ring substituents is 1. The molecule has 0 fully saturated rings. The molecule has 3 aromatic rings. The summed E-state index contributed by atoms with van der Waals surface area (Å²) in [6.07, 6.45) is 0. The van der Waals surface area contributed by atoms with Gasteiger partial charge in [-0.25, -0.2) is 4.98 Å². The summed E-state index contributed by atoms with van der Waals surface area (Å²) in [7, 11) is 0. The van der Waals surface area contributed by atoms with Gasteiger partial charge in [-0.05, 0) is 37.3 Å². The average Bonchev–Trinajstić information content (AvgIpc) is 3.01. The monoisotopic (exact) mass is 440 g/mol. The standard InChI is InChI=1S/C16H10Cl2N4O3S2/c1-7-2-3-8(6-10(7)22(24)25)14(23)20-15(26)21-16-19-13-11(27-16)5-4-9(17)12(13)18/h2-6H,1H3,(H2,19,20,21,23,26). The van der Waals surface area contributed by atoms with Gasteiger partial charge in [-0.15, -0.1) is 0 Å². The minimum atomic E-state index is -0.571. The van der Waals surface area contributed by atoms with E-state index in [1.165, 1.54) is 29.5 Å². The lowest BCUT2D eigenvalue weighted by Crippen LogP contribution is -2.34. The largest absolute Gasteiger partial charge is 0.308 e. The van der Waals surface area contributed by atoms with Crippen LogP contribution in [-0.4, -0.2) is 20.9 Å². The maximum Gasteiger partial charge on any atom is 0.273 e. The number of thiocarbonyl (C=S) groups is 1. The van der Waals surface area contributed by atoms with Gasteiger partial charge in [-0.1, -0.05) is 40.6 Å². The molecule has 0 unspecified atom stereocenters. The maximum absolute atomic E-state index is 12.3. The van der Waals surface area contributed by atoms with Crippen LogP contribution in [0, 0.1) is 17.0 Å². The molecule has 1 heterocycles. The van der Waals surface area contributed by atoms with Gasteiger partial charge >= 0.3 is 0 Å². The number of anilines is 1. The van der Waals surface area contributed by atoms with Crippen molar-refractivity contribution in [3.63, 3.8) is 0 Å². The molecule has 0 bridgehead atoms. The number of thiazole rings is 1. The number of halogens is 2. The number of amides is 1. The Kier molecular flexibility index (Phi) is 5.56. The number of fused-ring (bicyclic) bond motifs is 1. The van der Waals surface area contributed by atoms with Crippen LogP contribution in [0.2, 0.25) is 10.0 Å². The molecule has 11 heteroatoms. The molecule has 1 amide bonds. The zero-order valence-electron chi connectivity index (χ0n) is 13.6. The molecule has 0 aliphatic heterocycles. The molecule has 0 radical (unpaired) electrons. The zero-order valence-corrected chi connectivity index (χ0v) is 16.7. The van der Waals surface area contributed by atoms with Crippen LogP contribution in [0.15, 0.2) is 30.3 Å². The molecule has 0 atom stereocenters. The highest BCUT2D eigenvalue weighted by atomic mass is 35.5. The van der Waals surface area contributed by atoms with E-state index >= 15 is 0 Å². The van der Waals surface area contributed by atoms with Gasteiger partial charge in [0, 0.05) is 17.2 Å². The first-order valence-corrected chi connectivity index (χ1v) is 9.36. The van der Waals surface area contributed by atoms with E-state index in [1.54, 1.807) is 19.1 Å². The predicted molar refractivity (Wildman–Crippen MR) is 111 cm³/mol. The topological polar surface area (TPSA) is 97.2 Å². The number of hydrogen-bond donors (Lipinski definition) is 2. The van der Waals surface area contributed by atoms with Crippen LogP contribution in [0.1, 0.15) is 15.9 Å². The number of benzene rings is 2. The van der Waals surface area contributed by atoms with E-state index in [-0.39, 0.29) is 16.4 Å². The van der Waals surface area contributed by atoms with Crippen molar-refractivity contribution in [2.45, 2.75) is 6.92 Å². The van der Waals surface area contributed by atoms with E-state index in [9.17, 15) is 14.9 Å². The van der Waals surface area contributed by atoms with Crippen LogP contribution in [0.25, 0.3) is 10.2 Å². The van der Waals surface area contributed by atoms with Crippen molar-refractivity contribution < 1.29 is 9.72 Å². The fourth-order valence-electron chi connectivity index (χ4n) is 2.24. The minimum absolute atomic E-state index is 0.00417.